The fourth-order valence-corrected chi connectivity index (χ4v) is 3.55. The molecule has 1 saturated heterocycles. The molecule has 2 aliphatic rings. The van der Waals surface area contributed by atoms with Gasteiger partial charge >= 0.3 is 6.09 Å². The molecule has 1 aromatic carbocycles. The second-order valence-corrected chi connectivity index (χ2v) is 7.43. The predicted octanol–water partition coefficient (Wildman–Crippen LogP) is 2.61. The molecule has 0 aromatic heterocycles. The molecule has 1 aliphatic carbocycles. The molecule has 0 unspecified atom stereocenters. The minimum atomic E-state index is -0.305. The number of benzene rings is 1. The standard InChI is InChI=1S/C19H28N2O4/c1-19(11-20)12-21(18(22)24-3)9-15(19)14-6-7-16(23-2)17(8-14)25-10-13-4-5-13/h6-8,13,15H,4-5,9-12,20H2,1-3H3/t15-,19+/m0/s1. The second-order valence-electron chi connectivity index (χ2n) is 7.43. The number of carbonyl (C=O) groups is 1. The molecule has 0 spiro atoms. The van der Waals surface area contributed by atoms with Gasteiger partial charge in [-0.25, -0.2) is 4.79 Å². The number of carbonyl (C=O) groups excluding carboxylic acids is 1. The van der Waals surface area contributed by atoms with E-state index in [0.717, 1.165) is 23.7 Å². The number of hydrogen-bond acceptors (Lipinski definition) is 5. The third-order valence-electron chi connectivity index (χ3n) is 5.46. The van der Waals surface area contributed by atoms with Gasteiger partial charge in [0.25, 0.3) is 0 Å². The Morgan fingerprint density at radius 3 is 2.68 bits per heavy atom. The minimum Gasteiger partial charge on any atom is -0.493 e. The smallest absolute Gasteiger partial charge is 0.409 e. The summed E-state index contributed by atoms with van der Waals surface area (Å²) in [5.74, 6) is 2.30. The van der Waals surface area contributed by atoms with E-state index in [1.54, 1.807) is 12.0 Å². The highest BCUT2D eigenvalue weighted by Crippen LogP contribution is 2.44. The molecule has 2 N–H and O–H groups in total. The quantitative estimate of drug-likeness (QED) is 0.855. The number of ether oxygens (including phenoxy) is 3. The van der Waals surface area contributed by atoms with Gasteiger partial charge in [0, 0.05) is 31.0 Å². The van der Waals surface area contributed by atoms with Crippen molar-refractivity contribution in [1.82, 2.24) is 4.90 Å². The van der Waals surface area contributed by atoms with E-state index < -0.39 is 0 Å². The molecule has 0 bridgehead atoms. The Balaban J connectivity index is 1.85. The first-order valence-electron chi connectivity index (χ1n) is 8.84. The molecule has 2 atom stereocenters. The number of hydrogen-bond donors (Lipinski definition) is 1. The van der Waals surface area contributed by atoms with Gasteiger partial charge in [-0.1, -0.05) is 13.0 Å². The highest BCUT2D eigenvalue weighted by atomic mass is 16.5. The van der Waals surface area contributed by atoms with Crippen LogP contribution in [0.2, 0.25) is 0 Å². The van der Waals surface area contributed by atoms with Crippen LogP contribution >= 0.6 is 0 Å². The summed E-state index contributed by atoms with van der Waals surface area (Å²) in [5.41, 5.74) is 6.98. The summed E-state index contributed by atoms with van der Waals surface area (Å²) in [5, 5.41) is 0. The number of likely N-dealkylation sites (tertiary alicyclic amines) is 1. The van der Waals surface area contributed by atoms with Gasteiger partial charge in [0.15, 0.2) is 11.5 Å². The maximum absolute atomic E-state index is 12.0. The average Bonchev–Trinajstić information content (AvgIpc) is 3.40. The summed E-state index contributed by atoms with van der Waals surface area (Å²) >= 11 is 0. The van der Waals surface area contributed by atoms with Crippen molar-refractivity contribution in [2.24, 2.45) is 17.1 Å². The molecule has 0 radical (unpaired) electrons. The number of nitrogens with two attached hydrogens (primary N) is 1. The van der Waals surface area contributed by atoms with Gasteiger partial charge < -0.3 is 24.8 Å². The summed E-state index contributed by atoms with van der Waals surface area (Å²) in [6, 6.07) is 6.03. The zero-order chi connectivity index (χ0) is 18.0. The first-order chi connectivity index (χ1) is 12.0. The summed E-state index contributed by atoms with van der Waals surface area (Å²) < 4.78 is 16.3. The Bertz CT molecular complexity index is 632. The monoisotopic (exact) mass is 348 g/mol. The molecule has 1 amide bonds. The first-order valence-corrected chi connectivity index (χ1v) is 8.84. The molecular weight excluding hydrogens is 320 g/mol. The van der Waals surface area contributed by atoms with Crippen LogP contribution < -0.4 is 15.2 Å². The fraction of sp³-hybridized carbons (Fsp3) is 0.632. The van der Waals surface area contributed by atoms with Crippen molar-refractivity contribution in [3.8, 4) is 11.5 Å². The molecule has 1 aromatic rings. The van der Waals surface area contributed by atoms with E-state index in [4.69, 9.17) is 19.9 Å². The summed E-state index contributed by atoms with van der Waals surface area (Å²) in [6.45, 7) is 4.53. The van der Waals surface area contributed by atoms with E-state index in [1.807, 2.05) is 18.2 Å². The van der Waals surface area contributed by atoms with Gasteiger partial charge in [-0.3, -0.25) is 0 Å². The number of amides is 1. The van der Waals surface area contributed by atoms with Gasteiger partial charge in [-0.15, -0.1) is 0 Å². The number of rotatable bonds is 6. The Morgan fingerprint density at radius 2 is 2.08 bits per heavy atom. The van der Waals surface area contributed by atoms with Crippen molar-refractivity contribution < 1.29 is 19.0 Å². The van der Waals surface area contributed by atoms with Crippen molar-refractivity contribution in [1.29, 1.82) is 0 Å². The van der Waals surface area contributed by atoms with E-state index in [2.05, 4.69) is 6.92 Å². The van der Waals surface area contributed by atoms with Crippen molar-refractivity contribution >= 4 is 6.09 Å². The molecule has 2 fully saturated rings. The van der Waals surface area contributed by atoms with Gasteiger partial charge in [0.1, 0.15) is 0 Å². The molecule has 1 aliphatic heterocycles. The maximum Gasteiger partial charge on any atom is 0.409 e. The SMILES string of the molecule is COC(=O)N1C[C@@H](c2ccc(OC)c(OCC3CC3)c2)[C@](C)(CN)C1. The maximum atomic E-state index is 12.0. The summed E-state index contributed by atoms with van der Waals surface area (Å²) in [6.07, 6.45) is 2.18. The molecule has 25 heavy (non-hydrogen) atoms. The lowest BCUT2D eigenvalue weighted by molar-refractivity contribution is 0.128. The topological polar surface area (TPSA) is 74.0 Å². The van der Waals surface area contributed by atoms with Crippen LogP contribution in [0.5, 0.6) is 11.5 Å². The zero-order valence-corrected chi connectivity index (χ0v) is 15.3. The number of nitrogens with zero attached hydrogens (tertiary/aromatic N) is 1. The summed E-state index contributed by atoms with van der Waals surface area (Å²) in [7, 11) is 3.06. The van der Waals surface area contributed by atoms with Gasteiger partial charge in [-0.05, 0) is 36.5 Å². The van der Waals surface area contributed by atoms with Crippen LogP contribution in [0.1, 0.15) is 31.2 Å². The third kappa shape index (κ3) is 3.68. The van der Waals surface area contributed by atoms with Crippen molar-refractivity contribution in [2.75, 3.05) is 40.5 Å². The van der Waals surface area contributed by atoms with E-state index in [1.165, 1.54) is 20.0 Å². The number of methoxy groups -OCH3 is 2. The van der Waals surface area contributed by atoms with Crippen molar-refractivity contribution in [2.45, 2.75) is 25.7 Å². The van der Waals surface area contributed by atoms with Crippen LogP contribution in [0.15, 0.2) is 18.2 Å². The fourth-order valence-electron chi connectivity index (χ4n) is 3.55. The Kier molecular flexibility index (Phi) is 5.08. The lowest BCUT2D eigenvalue weighted by Gasteiger charge is -2.29. The van der Waals surface area contributed by atoms with E-state index in [0.29, 0.717) is 25.6 Å². The van der Waals surface area contributed by atoms with E-state index >= 15 is 0 Å². The molecule has 6 nitrogen and oxygen atoms in total. The van der Waals surface area contributed by atoms with Gasteiger partial charge in [0.05, 0.1) is 20.8 Å². The highest BCUT2D eigenvalue weighted by Gasteiger charge is 2.45. The van der Waals surface area contributed by atoms with Crippen LogP contribution in [0.3, 0.4) is 0 Å². The zero-order valence-electron chi connectivity index (χ0n) is 15.3. The average molecular weight is 348 g/mol. The Labute approximate surface area is 149 Å². The van der Waals surface area contributed by atoms with Crippen LogP contribution in [0, 0.1) is 11.3 Å². The summed E-state index contributed by atoms with van der Waals surface area (Å²) in [4.78, 5) is 13.7. The van der Waals surface area contributed by atoms with Crippen LogP contribution in [0.25, 0.3) is 0 Å². The van der Waals surface area contributed by atoms with Crippen LogP contribution in [0.4, 0.5) is 4.79 Å². The Morgan fingerprint density at radius 1 is 1.32 bits per heavy atom. The van der Waals surface area contributed by atoms with E-state index in [9.17, 15) is 4.79 Å². The van der Waals surface area contributed by atoms with E-state index in [-0.39, 0.29) is 17.4 Å². The molecule has 138 valence electrons. The normalized spacial score (nSPS) is 25.8. The van der Waals surface area contributed by atoms with Gasteiger partial charge in [0.2, 0.25) is 0 Å². The molecular formula is C19H28N2O4. The second kappa shape index (κ2) is 7.12. The Hall–Kier alpha value is -1.95. The third-order valence-corrected chi connectivity index (χ3v) is 5.46. The lowest BCUT2D eigenvalue weighted by Crippen LogP contribution is -2.35. The van der Waals surface area contributed by atoms with Crippen LogP contribution in [-0.4, -0.2) is 51.5 Å². The molecule has 1 heterocycles. The first kappa shape index (κ1) is 17.9. The van der Waals surface area contributed by atoms with Gasteiger partial charge in [-0.2, -0.15) is 0 Å². The molecule has 3 rings (SSSR count). The molecule has 6 heteroatoms. The van der Waals surface area contributed by atoms with Crippen molar-refractivity contribution in [3.05, 3.63) is 23.8 Å². The molecule has 1 saturated carbocycles. The minimum absolute atomic E-state index is 0.130. The highest BCUT2D eigenvalue weighted by molar-refractivity contribution is 5.68. The lowest BCUT2D eigenvalue weighted by atomic mass is 9.76. The predicted molar refractivity (Wildman–Crippen MR) is 95.1 cm³/mol. The largest absolute Gasteiger partial charge is 0.493 e. The van der Waals surface area contributed by atoms with Crippen LogP contribution in [-0.2, 0) is 4.74 Å². The van der Waals surface area contributed by atoms with Crippen molar-refractivity contribution in [3.63, 3.8) is 0 Å².